The van der Waals surface area contributed by atoms with Crippen LogP contribution in [0.4, 0.5) is 0 Å². The van der Waals surface area contributed by atoms with Gasteiger partial charge < -0.3 is 0 Å². The third-order valence-electron chi connectivity index (χ3n) is 0.566. The summed E-state index contributed by atoms with van der Waals surface area (Å²) in [5.41, 5.74) is 0. The molecule has 0 unspecified atom stereocenters. The molecule has 0 aromatic carbocycles. The molecular formula is C5H8NNaO4S. The largest absolute Gasteiger partial charge is 0.265 e. The molecule has 2 N–H and O–H groups in total. The van der Waals surface area contributed by atoms with Crippen molar-refractivity contribution in [1.82, 2.24) is 4.98 Å². The summed E-state index contributed by atoms with van der Waals surface area (Å²) in [6, 6.07) is 5.72. The van der Waals surface area contributed by atoms with Crippen molar-refractivity contribution in [2.75, 3.05) is 0 Å². The van der Waals surface area contributed by atoms with Gasteiger partial charge in [-0.3, -0.25) is 14.1 Å². The average molecular weight is 201 g/mol. The molecule has 1 aromatic rings. The summed E-state index contributed by atoms with van der Waals surface area (Å²) in [6.07, 6.45) is 3.50. The van der Waals surface area contributed by atoms with Gasteiger partial charge in [-0.1, -0.05) is 6.07 Å². The van der Waals surface area contributed by atoms with Crippen LogP contribution in [0.1, 0.15) is 0 Å². The number of pyridine rings is 1. The minimum Gasteiger partial charge on any atom is -0.265 e. The van der Waals surface area contributed by atoms with E-state index in [2.05, 4.69) is 4.98 Å². The molecule has 0 atom stereocenters. The summed E-state index contributed by atoms with van der Waals surface area (Å²) in [7, 11) is -4.67. The van der Waals surface area contributed by atoms with Gasteiger partial charge in [-0.05, 0) is 12.1 Å². The van der Waals surface area contributed by atoms with Crippen LogP contribution in [0.3, 0.4) is 0 Å². The number of hydrogen-bond donors (Lipinski definition) is 2. The molecule has 0 radical (unpaired) electrons. The van der Waals surface area contributed by atoms with Crippen LogP contribution in [0.15, 0.2) is 30.6 Å². The van der Waals surface area contributed by atoms with Crippen molar-refractivity contribution in [2.45, 2.75) is 0 Å². The van der Waals surface area contributed by atoms with Crippen LogP contribution in [-0.2, 0) is 10.4 Å². The maximum atomic E-state index is 8.74. The summed E-state index contributed by atoms with van der Waals surface area (Å²) < 4.78 is 31.6. The van der Waals surface area contributed by atoms with Gasteiger partial charge in [-0.15, -0.1) is 0 Å². The van der Waals surface area contributed by atoms with Crippen molar-refractivity contribution in [3.05, 3.63) is 30.6 Å². The van der Waals surface area contributed by atoms with E-state index in [1.54, 1.807) is 12.4 Å². The Kier molecular flexibility index (Phi) is 9.28. The van der Waals surface area contributed by atoms with Gasteiger partial charge in [0.25, 0.3) is 0 Å². The number of nitrogens with zero attached hydrogens (tertiary/aromatic N) is 1. The number of hydrogen-bond acceptors (Lipinski definition) is 3. The van der Waals surface area contributed by atoms with Gasteiger partial charge in [0, 0.05) is 12.4 Å². The van der Waals surface area contributed by atoms with Crippen LogP contribution in [0.2, 0.25) is 0 Å². The van der Waals surface area contributed by atoms with E-state index in [4.69, 9.17) is 17.5 Å². The summed E-state index contributed by atoms with van der Waals surface area (Å²) in [4.78, 5) is 3.78. The van der Waals surface area contributed by atoms with Gasteiger partial charge in [-0.25, -0.2) is 0 Å². The monoisotopic (exact) mass is 201 g/mol. The predicted octanol–water partition coefficient (Wildman–Crippen LogP) is -0.220. The molecule has 1 heterocycles. The molecule has 0 aliphatic heterocycles. The molecule has 0 spiro atoms. The zero-order valence-corrected chi connectivity index (χ0v) is 6.27. The summed E-state index contributed by atoms with van der Waals surface area (Å²) in [5.74, 6) is 0. The Morgan fingerprint density at radius 3 is 1.42 bits per heavy atom. The second-order valence-electron chi connectivity index (χ2n) is 1.47. The fourth-order valence-corrected chi connectivity index (χ4v) is 0.313. The first-order valence-electron chi connectivity index (χ1n) is 2.55. The fourth-order valence-electron chi connectivity index (χ4n) is 0.313. The van der Waals surface area contributed by atoms with E-state index in [1.807, 2.05) is 18.2 Å². The molecule has 0 fully saturated rings. The Morgan fingerprint density at radius 2 is 1.33 bits per heavy atom. The zero-order chi connectivity index (χ0) is 8.74. The minimum absolute atomic E-state index is 0. The van der Waals surface area contributed by atoms with Crippen LogP contribution in [-0.4, -0.2) is 52.1 Å². The van der Waals surface area contributed by atoms with Crippen LogP contribution in [0.25, 0.3) is 0 Å². The molecule has 5 nitrogen and oxygen atoms in total. The molecule has 12 heavy (non-hydrogen) atoms. The third-order valence-corrected chi connectivity index (χ3v) is 0.566. The Balaban J connectivity index is 0. The second-order valence-corrected chi connectivity index (χ2v) is 2.37. The van der Waals surface area contributed by atoms with Gasteiger partial charge in [-0.2, -0.15) is 8.42 Å². The molecular weight excluding hydrogens is 193 g/mol. The Hall–Kier alpha value is 0.0200. The summed E-state index contributed by atoms with van der Waals surface area (Å²) >= 11 is 0. The van der Waals surface area contributed by atoms with Crippen molar-refractivity contribution in [2.24, 2.45) is 0 Å². The van der Waals surface area contributed by atoms with Gasteiger partial charge in [0.05, 0.1) is 0 Å². The van der Waals surface area contributed by atoms with Crippen LogP contribution in [0.5, 0.6) is 0 Å². The molecule has 0 aliphatic carbocycles. The third kappa shape index (κ3) is 22.5. The molecule has 0 saturated heterocycles. The number of rotatable bonds is 0. The Morgan fingerprint density at radius 1 is 1.00 bits per heavy atom. The van der Waals surface area contributed by atoms with E-state index in [-0.39, 0.29) is 29.6 Å². The van der Waals surface area contributed by atoms with E-state index >= 15 is 0 Å². The Labute approximate surface area is 92.7 Å². The summed E-state index contributed by atoms with van der Waals surface area (Å²) in [6.45, 7) is 0. The smallest absolute Gasteiger partial charge is 0.0267 e. The van der Waals surface area contributed by atoms with Crippen LogP contribution >= 0.6 is 0 Å². The van der Waals surface area contributed by atoms with Crippen molar-refractivity contribution in [3.8, 4) is 0 Å². The normalized spacial score (nSPS) is 8.83. The molecule has 64 valence electrons. The quantitative estimate of drug-likeness (QED) is 0.447. The molecule has 1 rings (SSSR count). The average Bonchev–Trinajstić information content (AvgIpc) is 1.88. The summed E-state index contributed by atoms with van der Waals surface area (Å²) in [5, 5.41) is 0. The van der Waals surface area contributed by atoms with E-state index in [0.717, 1.165) is 0 Å². The first kappa shape index (κ1) is 14.5. The first-order valence-corrected chi connectivity index (χ1v) is 3.95. The topological polar surface area (TPSA) is 87.5 Å². The van der Waals surface area contributed by atoms with E-state index < -0.39 is 10.4 Å². The first-order chi connectivity index (χ1) is 5.00. The van der Waals surface area contributed by atoms with E-state index in [1.165, 1.54) is 0 Å². The SMILES string of the molecule is O=S(=O)(O)O.[NaH].c1ccncc1. The van der Waals surface area contributed by atoms with Gasteiger partial charge >= 0.3 is 40.0 Å². The van der Waals surface area contributed by atoms with Crippen LogP contribution in [0, 0.1) is 0 Å². The van der Waals surface area contributed by atoms with E-state index in [0.29, 0.717) is 0 Å². The Bertz CT molecular complexity index is 240. The fraction of sp³-hybridized carbons (Fsp3) is 0. The minimum atomic E-state index is -4.67. The second kappa shape index (κ2) is 7.66. The maximum absolute atomic E-state index is 8.74. The van der Waals surface area contributed by atoms with Crippen LogP contribution < -0.4 is 0 Å². The molecule has 0 bridgehead atoms. The number of aromatic nitrogens is 1. The maximum Gasteiger partial charge on any atom is 0.0267 e. The van der Waals surface area contributed by atoms with E-state index in [9.17, 15) is 0 Å². The molecule has 0 amide bonds. The van der Waals surface area contributed by atoms with Crippen molar-refractivity contribution in [1.29, 1.82) is 0 Å². The van der Waals surface area contributed by atoms with Gasteiger partial charge in [0.2, 0.25) is 0 Å². The van der Waals surface area contributed by atoms with Crippen molar-refractivity contribution < 1.29 is 17.5 Å². The van der Waals surface area contributed by atoms with Crippen molar-refractivity contribution in [3.63, 3.8) is 0 Å². The molecule has 0 saturated carbocycles. The molecule has 1 aromatic heterocycles. The van der Waals surface area contributed by atoms with Gasteiger partial charge in [0.1, 0.15) is 0 Å². The zero-order valence-electron chi connectivity index (χ0n) is 5.45. The standard InChI is InChI=1S/C5H5N.Na.H2O4S.H/c1-2-4-6-5-3-1;;1-5(2,3)4;/h1-5H;;(H2,1,2,3,4);. The molecule has 0 aliphatic rings. The molecule has 7 heteroatoms. The van der Waals surface area contributed by atoms with Gasteiger partial charge in [0.15, 0.2) is 0 Å². The predicted molar refractivity (Wildman–Crippen MR) is 45.6 cm³/mol. The van der Waals surface area contributed by atoms with Crippen molar-refractivity contribution >= 4 is 40.0 Å².